The summed E-state index contributed by atoms with van der Waals surface area (Å²) in [6.07, 6.45) is 1.07. The Hall–Kier alpha value is -0.870. The summed E-state index contributed by atoms with van der Waals surface area (Å²) in [7, 11) is 3.63. The lowest BCUT2D eigenvalue weighted by Crippen LogP contribution is -2.14. The van der Waals surface area contributed by atoms with E-state index >= 15 is 0 Å². The number of methoxy groups -OCH3 is 1. The highest BCUT2D eigenvalue weighted by Gasteiger charge is 2.11. The van der Waals surface area contributed by atoms with E-state index in [0.29, 0.717) is 0 Å². The highest BCUT2D eigenvalue weighted by atomic mass is 32.2. The van der Waals surface area contributed by atoms with Crippen LogP contribution in [0.3, 0.4) is 0 Å². The molecular weight excluding hydrogens is 258 g/mol. The quantitative estimate of drug-likeness (QED) is 0.703. The van der Waals surface area contributed by atoms with Crippen molar-refractivity contribution in [2.45, 2.75) is 26.3 Å². The predicted molar refractivity (Wildman–Crippen MR) is 83.6 cm³/mol. The molecule has 0 saturated heterocycles. The van der Waals surface area contributed by atoms with Crippen molar-refractivity contribution >= 4 is 11.8 Å². The summed E-state index contributed by atoms with van der Waals surface area (Å²) in [5.41, 5.74) is 1.17. The van der Waals surface area contributed by atoms with Crippen LogP contribution in [0, 0.1) is 0 Å². The van der Waals surface area contributed by atoms with E-state index in [-0.39, 0.29) is 6.04 Å². The van der Waals surface area contributed by atoms with Crippen molar-refractivity contribution in [3.63, 3.8) is 0 Å². The zero-order valence-corrected chi connectivity index (χ0v) is 13.2. The van der Waals surface area contributed by atoms with Crippen molar-refractivity contribution in [1.82, 2.24) is 5.32 Å². The molecule has 1 atom stereocenters. The number of nitrogens with one attached hydrogen (secondary N) is 1. The van der Waals surface area contributed by atoms with Gasteiger partial charge in [-0.05, 0) is 38.0 Å². The van der Waals surface area contributed by atoms with E-state index < -0.39 is 0 Å². The zero-order chi connectivity index (χ0) is 14.1. The SMILES string of the molecule is CCSCCCOc1cc(OC)ccc1C(C)NC. The third kappa shape index (κ3) is 5.33. The molecule has 108 valence electrons. The van der Waals surface area contributed by atoms with Crippen LogP contribution in [0.15, 0.2) is 18.2 Å². The van der Waals surface area contributed by atoms with Gasteiger partial charge in [-0.1, -0.05) is 13.0 Å². The molecule has 0 aliphatic carbocycles. The average Bonchev–Trinajstić information content (AvgIpc) is 2.46. The summed E-state index contributed by atoms with van der Waals surface area (Å²) in [6, 6.07) is 6.28. The van der Waals surface area contributed by atoms with Gasteiger partial charge in [-0.2, -0.15) is 11.8 Å². The highest BCUT2D eigenvalue weighted by molar-refractivity contribution is 7.99. The first-order chi connectivity index (χ1) is 9.22. The highest BCUT2D eigenvalue weighted by Crippen LogP contribution is 2.29. The maximum atomic E-state index is 5.92. The fourth-order valence-electron chi connectivity index (χ4n) is 1.77. The summed E-state index contributed by atoms with van der Waals surface area (Å²) in [5, 5.41) is 3.24. The maximum absolute atomic E-state index is 5.92. The van der Waals surface area contributed by atoms with E-state index in [1.54, 1.807) is 7.11 Å². The van der Waals surface area contributed by atoms with Crippen molar-refractivity contribution in [3.8, 4) is 11.5 Å². The third-order valence-electron chi connectivity index (χ3n) is 3.01. The van der Waals surface area contributed by atoms with Gasteiger partial charge < -0.3 is 14.8 Å². The van der Waals surface area contributed by atoms with Crippen molar-refractivity contribution < 1.29 is 9.47 Å². The molecule has 1 rings (SSSR count). The van der Waals surface area contributed by atoms with Crippen molar-refractivity contribution in [2.24, 2.45) is 0 Å². The largest absolute Gasteiger partial charge is 0.497 e. The molecule has 0 aromatic heterocycles. The fraction of sp³-hybridized carbons (Fsp3) is 0.600. The van der Waals surface area contributed by atoms with Crippen molar-refractivity contribution in [1.29, 1.82) is 0 Å². The van der Waals surface area contributed by atoms with Crippen LogP contribution in [0.5, 0.6) is 11.5 Å². The molecule has 19 heavy (non-hydrogen) atoms. The lowest BCUT2D eigenvalue weighted by Gasteiger charge is -2.17. The van der Waals surface area contributed by atoms with Crippen molar-refractivity contribution in [2.75, 3.05) is 32.3 Å². The van der Waals surface area contributed by atoms with Gasteiger partial charge in [0.25, 0.3) is 0 Å². The minimum atomic E-state index is 0.269. The van der Waals surface area contributed by atoms with Crippen LogP contribution in [-0.4, -0.2) is 32.3 Å². The molecule has 0 amide bonds. The zero-order valence-electron chi connectivity index (χ0n) is 12.4. The summed E-state index contributed by atoms with van der Waals surface area (Å²) < 4.78 is 11.2. The van der Waals surface area contributed by atoms with Gasteiger partial charge in [-0.25, -0.2) is 0 Å². The topological polar surface area (TPSA) is 30.5 Å². The number of benzene rings is 1. The molecule has 1 aromatic rings. The summed E-state index contributed by atoms with van der Waals surface area (Å²) in [6.45, 7) is 5.06. The van der Waals surface area contributed by atoms with Crippen molar-refractivity contribution in [3.05, 3.63) is 23.8 Å². The average molecular weight is 283 g/mol. The molecule has 1 unspecified atom stereocenters. The van der Waals surface area contributed by atoms with E-state index in [9.17, 15) is 0 Å². The van der Waals surface area contributed by atoms with Crippen LogP contribution < -0.4 is 14.8 Å². The number of hydrogen-bond donors (Lipinski definition) is 1. The van der Waals surface area contributed by atoms with E-state index in [2.05, 4.69) is 25.2 Å². The normalized spacial score (nSPS) is 12.2. The molecular formula is C15H25NO2S. The van der Waals surface area contributed by atoms with Crippen LogP contribution in [0.4, 0.5) is 0 Å². The first-order valence-electron chi connectivity index (χ1n) is 6.78. The standard InChI is InChI=1S/C15H25NO2S/c1-5-19-10-6-9-18-15-11-13(17-4)7-8-14(15)12(2)16-3/h7-8,11-12,16H,5-6,9-10H2,1-4H3. The maximum Gasteiger partial charge on any atom is 0.127 e. The third-order valence-corrected chi connectivity index (χ3v) is 4.00. The molecule has 0 spiro atoms. The second-order valence-electron chi connectivity index (χ2n) is 4.31. The minimum absolute atomic E-state index is 0.269. The monoisotopic (exact) mass is 283 g/mol. The van der Waals surface area contributed by atoms with Gasteiger partial charge in [-0.3, -0.25) is 0 Å². The lowest BCUT2D eigenvalue weighted by molar-refractivity contribution is 0.310. The van der Waals surface area contributed by atoms with Gasteiger partial charge in [0.05, 0.1) is 13.7 Å². The van der Waals surface area contributed by atoms with Gasteiger partial charge in [0.15, 0.2) is 0 Å². The summed E-state index contributed by atoms with van der Waals surface area (Å²) in [5.74, 6) is 4.08. The van der Waals surface area contributed by atoms with Crippen LogP contribution in [0.25, 0.3) is 0 Å². The Morgan fingerprint density at radius 1 is 1.37 bits per heavy atom. The first-order valence-corrected chi connectivity index (χ1v) is 7.94. The molecule has 0 heterocycles. The fourth-order valence-corrected chi connectivity index (χ4v) is 2.38. The Morgan fingerprint density at radius 2 is 2.16 bits per heavy atom. The van der Waals surface area contributed by atoms with Gasteiger partial charge in [0.2, 0.25) is 0 Å². The van der Waals surface area contributed by atoms with Crippen LogP contribution in [-0.2, 0) is 0 Å². The molecule has 0 fully saturated rings. The van der Waals surface area contributed by atoms with E-state index in [1.807, 2.05) is 30.9 Å². The van der Waals surface area contributed by atoms with Gasteiger partial charge in [-0.15, -0.1) is 0 Å². The van der Waals surface area contributed by atoms with Gasteiger partial charge in [0, 0.05) is 17.7 Å². The molecule has 1 N–H and O–H groups in total. The van der Waals surface area contributed by atoms with E-state index in [1.165, 1.54) is 11.3 Å². The van der Waals surface area contributed by atoms with Gasteiger partial charge in [0.1, 0.15) is 11.5 Å². The number of rotatable bonds is 9. The smallest absolute Gasteiger partial charge is 0.127 e. The van der Waals surface area contributed by atoms with Crippen LogP contribution >= 0.6 is 11.8 Å². The molecule has 0 saturated carbocycles. The summed E-state index contributed by atoms with van der Waals surface area (Å²) in [4.78, 5) is 0. The Balaban J connectivity index is 2.66. The molecule has 0 aliphatic rings. The Bertz CT molecular complexity index is 371. The molecule has 3 nitrogen and oxygen atoms in total. The second kappa shape index (κ2) is 9.10. The number of ether oxygens (including phenoxy) is 2. The molecule has 1 aromatic carbocycles. The first kappa shape index (κ1) is 16.2. The molecule has 0 aliphatic heterocycles. The Morgan fingerprint density at radius 3 is 2.79 bits per heavy atom. The minimum Gasteiger partial charge on any atom is -0.497 e. The van der Waals surface area contributed by atoms with Gasteiger partial charge >= 0.3 is 0 Å². The van der Waals surface area contributed by atoms with E-state index in [0.717, 1.165) is 30.3 Å². The Labute approximate surface area is 121 Å². The molecule has 4 heteroatoms. The van der Waals surface area contributed by atoms with E-state index in [4.69, 9.17) is 9.47 Å². The second-order valence-corrected chi connectivity index (χ2v) is 5.71. The molecule has 0 bridgehead atoms. The number of hydrogen-bond acceptors (Lipinski definition) is 4. The van der Waals surface area contributed by atoms with Crippen LogP contribution in [0.2, 0.25) is 0 Å². The Kier molecular flexibility index (Phi) is 7.75. The lowest BCUT2D eigenvalue weighted by atomic mass is 10.1. The number of thioether (sulfide) groups is 1. The van der Waals surface area contributed by atoms with Crippen LogP contribution in [0.1, 0.15) is 31.9 Å². The predicted octanol–water partition coefficient (Wildman–Crippen LogP) is 3.50. The summed E-state index contributed by atoms with van der Waals surface area (Å²) >= 11 is 1.95. The molecule has 0 radical (unpaired) electrons.